The molecule has 32 heavy (non-hydrogen) atoms. The van der Waals surface area contributed by atoms with Crippen LogP contribution >= 0.6 is 0 Å². The third-order valence-corrected chi connectivity index (χ3v) is 6.15. The van der Waals surface area contributed by atoms with Gasteiger partial charge in [-0.15, -0.1) is 0 Å². The number of carbonyl (C=O) groups is 1. The Hall–Kier alpha value is -2.97. The number of aliphatic hydroxyl groups is 1. The summed E-state index contributed by atoms with van der Waals surface area (Å²) in [7, 11) is 3.88. The molecule has 0 radical (unpaired) electrons. The van der Waals surface area contributed by atoms with E-state index in [2.05, 4.69) is 15.5 Å². The van der Waals surface area contributed by atoms with Crippen LogP contribution in [0.2, 0.25) is 0 Å². The van der Waals surface area contributed by atoms with E-state index in [0.717, 1.165) is 31.2 Å². The molecule has 0 spiro atoms. The van der Waals surface area contributed by atoms with Gasteiger partial charge >= 0.3 is 0 Å². The van der Waals surface area contributed by atoms with Crippen molar-refractivity contribution in [3.63, 3.8) is 0 Å². The summed E-state index contributed by atoms with van der Waals surface area (Å²) in [6.07, 6.45) is 8.34. The molecule has 3 aromatic rings. The van der Waals surface area contributed by atoms with Crippen LogP contribution in [0.4, 0.5) is 5.82 Å². The fourth-order valence-electron chi connectivity index (χ4n) is 4.63. The molecular formula is C24H31N4O4+. The lowest BCUT2D eigenvalue weighted by Crippen LogP contribution is -2.44. The minimum Gasteiger partial charge on any atom is -0.436 e. The number of anilines is 1. The quantitative estimate of drug-likeness (QED) is 0.519. The number of hydrogen-bond donors (Lipinski definition) is 2. The van der Waals surface area contributed by atoms with E-state index in [4.69, 9.17) is 8.94 Å². The number of carbonyl (C=O) groups excluding carboxylic acids is 1. The average molecular weight is 440 g/mol. The molecule has 0 unspecified atom stereocenters. The Bertz CT molecular complexity index is 1010. The van der Waals surface area contributed by atoms with Crippen molar-refractivity contribution >= 4 is 11.7 Å². The van der Waals surface area contributed by atoms with Crippen LogP contribution < -0.4 is 5.32 Å². The van der Waals surface area contributed by atoms with E-state index in [9.17, 15) is 9.90 Å². The summed E-state index contributed by atoms with van der Waals surface area (Å²) in [5.41, 5.74) is -0.456. The zero-order chi connectivity index (χ0) is 22.6. The summed E-state index contributed by atoms with van der Waals surface area (Å²) in [5, 5.41) is 18.4. The lowest BCUT2D eigenvalue weighted by molar-refractivity contribution is -0.896. The first-order valence-corrected chi connectivity index (χ1v) is 11.1. The van der Waals surface area contributed by atoms with Gasteiger partial charge in [0.2, 0.25) is 5.89 Å². The van der Waals surface area contributed by atoms with E-state index in [1.165, 1.54) is 12.7 Å². The number of nitrogens with zero attached hydrogens (tertiary/aromatic N) is 3. The van der Waals surface area contributed by atoms with E-state index < -0.39 is 5.60 Å². The van der Waals surface area contributed by atoms with E-state index >= 15 is 0 Å². The van der Waals surface area contributed by atoms with Gasteiger partial charge in [0.1, 0.15) is 12.8 Å². The molecule has 0 saturated heterocycles. The van der Waals surface area contributed by atoms with Crippen molar-refractivity contribution in [1.29, 1.82) is 0 Å². The molecule has 8 nitrogen and oxygen atoms in total. The molecule has 0 bridgehead atoms. The Balaban J connectivity index is 1.52. The summed E-state index contributed by atoms with van der Waals surface area (Å²) >= 11 is 0. The fourth-order valence-corrected chi connectivity index (χ4v) is 4.63. The molecule has 1 amide bonds. The maximum Gasteiger partial charge on any atom is 0.280 e. The SMILES string of the molecule is C[N+](C)(CC(=O)Nc1ccon1)Cc1cnc([C@](O)(c2ccccc2)C2CCCCC2)o1. The largest absolute Gasteiger partial charge is 0.436 e. The predicted octanol–water partition coefficient (Wildman–Crippen LogP) is 3.69. The van der Waals surface area contributed by atoms with Gasteiger partial charge in [0.25, 0.3) is 5.91 Å². The number of oxazole rings is 1. The maximum atomic E-state index is 12.4. The number of nitrogens with one attached hydrogen (secondary N) is 1. The van der Waals surface area contributed by atoms with E-state index in [1.807, 2.05) is 44.4 Å². The van der Waals surface area contributed by atoms with Crippen molar-refractivity contribution in [2.75, 3.05) is 26.0 Å². The van der Waals surface area contributed by atoms with Gasteiger partial charge in [0, 0.05) is 12.0 Å². The monoisotopic (exact) mass is 439 g/mol. The van der Waals surface area contributed by atoms with Crippen LogP contribution in [0, 0.1) is 5.92 Å². The van der Waals surface area contributed by atoms with Gasteiger partial charge in [0.15, 0.2) is 23.7 Å². The van der Waals surface area contributed by atoms with Gasteiger partial charge in [-0.3, -0.25) is 4.79 Å². The van der Waals surface area contributed by atoms with Gasteiger partial charge in [-0.2, -0.15) is 0 Å². The highest BCUT2D eigenvalue weighted by Crippen LogP contribution is 2.43. The molecule has 1 aliphatic carbocycles. The highest BCUT2D eigenvalue weighted by molar-refractivity contribution is 5.90. The van der Waals surface area contributed by atoms with Gasteiger partial charge < -0.3 is 23.8 Å². The Morgan fingerprint density at radius 1 is 1.19 bits per heavy atom. The van der Waals surface area contributed by atoms with Crippen LogP contribution in [0.1, 0.15) is 49.3 Å². The molecule has 2 aromatic heterocycles. The number of quaternary nitrogens is 1. The third kappa shape index (κ3) is 4.92. The fraction of sp³-hybridized carbons (Fsp3) is 0.458. The Kier molecular flexibility index (Phi) is 6.43. The first-order valence-electron chi connectivity index (χ1n) is 11.1. The van der Waals surface area contributed by atoms with Crippen molar-refractivity contribution in [2.45, 2.75) is 44.2 Å². The molecule has 2 N–H and O–H groups in total. The summed E-state index contributed by atoms with van der Waals surface area (Å²) in [4.78, 5) is 16.9. The topological polar surface area (TPSA) is 101 Å². The number of hydrogen-bond acceptors (Lipinski definition) is 6. The van der Waals surface area contributed by atoms with Gasteiger partial charge in [0.05, 0.1) is 20.3 Å². The molecule has 0 aliphatic heterocycles. The first-order chi connectivity index (χ1) is 15.4. The summed E-state index contributed by atoms with van der Waals surface area (Å²) in [6.45, 7) is 0.670. The van der Waals surface area contributed by atoms with Crippen molar-refractivity contribution in [1.82, 2.24) is 10.1 Å². The van der Waals surface area contributed by atoms with Crippen LogP contribution in [-0.2, 0) is 16.9 Å². The lowest BCUT2D eigenvalue weighted by atomic mass is 9.73. The molecule has 170 valence electrons. The van der Waals surface area contributed by atoms with Crippen molar-refractivity contribution in [2.24, 2.45) is 5.92 Å². The second-order valence-electron chi connectivity index (χ2n) is 9.28. The molecule has 8 heteroatoms. The van der Waals surface area contributed by atoms with Crippen molar-refractivity contribution in [3.05, 3.63) is 66.1 Å². The standard InChI is InChI=1S/C24H30N4O4/c1-28(2,17-22(29)26-21-13-14-31-27-21)16-20-15-25-23(32-20)24(30,18-9-5-3-6-10-18)19-11-7-4-8-12-19/h3,5-6,9-10,13-15,19,30H,4,7-8,11-12,16-17H2,1-2H3/p+1/t24-/m0/s1. The molecule has 4 rings (SSSR count). The number of likely N-dealkylation sites (N-methyl/N-ethyl adjacent to an activating group) is 1. The van der Waals surface area contributed by atoms with E-state index in [-0.39, 0.29) is 18.4 Å². The summed E-state index contributed by atoms with van der Waals surface area (Å²) in [5.74, 6) is 1.23. The Morgan fingerprint density at radius 3 is 2.62 bits per heavy atom. The molecule has 1 atom stereocenters. The molecule has 1 fully saturated rings. The van der Waals surface area contributed by atoms with Gasteiger partial charge in [-0.1, -0.05) is 54.8 Å². The zero-order valence-electron chi connectivity index (χ0n) is 18.7. The van der Waals surface area contributed by atoms with Crippen LogP contribution in [0.15, 0.2) is 57.8 Å². The van der Waals surface area contributed by atoms with Crippen LogP contribution in [0.5, 0.6) is 0 Å². The molecule has 1 saturated carbocycles. The third-order valence-electron chi connectivity index (χ3n) is 6.15. The molecular weight excluding hydrogens is 408 g/mol. The first kappa shape index (κ1) is 22.2. The predicted molar refractivity (Wildman–Crippen MR) is 118 cm³/mol. The normalized spacial score (nSPS) is 17.1. The molecule has 1 aliphatic rings. The number of benzene rings is 1. The van der Waals surface area contributed by atoms with Crippen LogP contribution in [-0.4, -0.2) is 46.3 Å². The van der Waals surface area contributed by atoms with Crippen molar-refractivity contribution in [3.8, 4) is 0 Å². The van der Waals surface area contributed by atoms with E-state index in [1.54, 1.807) is 12.3 Å². The second-order valence-corrected chi connectivity index (χ2v) is 9.28. The van der Waals surface area contributed by atoms with Gasteiger partial charge in [-0.05, 0) is 18.4 Å². The second kappa shape index (κ2) is 9.26. The van der Waals surface area contributed by atoms with Crippen molar-refractivity contribution < 1.29 is 23.3 Å². The van der Waals surface area contributed by atoms with Crippen LogP contribution in [0.3, 0.4) is 0 Å². The lowest BCUT2D eigenvalue weighted by Gasteiger charge is -2.36. The summed E-state index contributed by atoms with van der Waals surface area (Å²) in [6, 6.07) is 11.3. The molecule has 1 aromatic carbocycles. The number of aromatic nitrogens is 2. The highest BCUT2D eigenvalue weighted by Gasteiger charge is 2.44. The smallest absolute Gasteiger partial charge is 0.280 e. The number of amides is 1. The minimum absolute atomic E-state index is 0.0564. The zero-order valence-corrected chi connectivity index (χ0v) is 18.7. The van der Waals surface area contributed by atoms with E-state index in [0.29, 0.717) is 28.5 Å². The molecule has 2 heterocycles. The maximum absolute atomic E-state index is 12.4. The van der Waals surface area contributed by atoms with Crippen LogP contribution in [0.25, 0.3) is 0 Å². The summed E-state index contributed by atoms with van der Waals surface area (Å²) < 4.78 is 11.2. The Labute approximate surface area is 187 Å². The number of rotatable bonds is 8. The minimum atomic E-state index is -1.26. The average Bonchev–Trinajstić information content (AvgIpc) is 3.46. The highest BCUT2D eigenvalue weighted by atomic mass is 16.5. The Morgan fingerprint density at radius 2 is 1.94 bits per heavy atom. The van der Waals surface area contributed by atoms with Gasteiger partial charge in [-0.25, -0.2) is 4.98 Å².